The van der Waals surface area contributed by atoms with Crippen LogP contribution in [0.4, 0.5) is 20.3 Å². The van der Waals surface area contributed by atoms with E-state index in [1.54, 1.807) is 24.1 Å². The number of carbonyl (C=O) groups is 2. The molecule has 8 nitrogen and oxygen atoms in total. The minimum absolute atomic E-state index is 0.0194. The van der Waals surface area contributed by atoms with Gasteiger partial charge in [-0.3, -0.25) is 19.4 Å². The number of ether oxygens (including phenoxy) is 1. The van der Waals surface area contributed by atoms with Crippen LogP contribution >= 0.6 is 0 Å². The molecule has 1 aromatic heterocycles. The molecule has 2 N–H and O–H groups in total. The minimum Gasteiger partial charge on any atom is -0.491 e. The Bertz CT molecular complexity index is 1270. The van der Waals surface area contributed by atoms with E-state index in [1.165, 1.54) is 12.1 Å². The first-order valence-electron chi connectivity index (χ1n) is 13.3. The van der Waals surface area contributed by atoms with Crippen LogP contribution in [0.15, 0.2) is 30.5 Å². The van der Waals surface area contributed by atoms with E-state index >= 15 is 0 Å². The van der Waals surface area contributed by atoms with Crippen LogP contribution in [0.5, 0.6) is 5.75 Å². The van der Waals surface area contributed by atoms with Gasteiger partial charge in [-0.05, 0) is 81.4 Å². The highest BCUT2D eigenvalue weighted by Gasteiger charge is 2.49. The SMILES string of the molecule is C[C@]1(O)C[C@@H](N2C(=O)CCc3cc(OCCN4CCC5(CC4)C(=O)Nc4ccc(C(F)F)cc45)cnc32)C1. The van der Waals surface area contributed by atoms with Crippen molar-refractivity contribution in [2.24, 2.45) is 0 Å². The molecular formula is C28H32F2N4O4. The number of hydrogen-bond donors (Lipinski definition) is 2. The van der Waals surface area contributed by atoms with Crippen molar-refractivity contribution in [3.8, 4) is 5.75 Å². The molecule has 6 rings (SSSR count). The first kappa shape index (κ1) is 25.2. The van der Waals surface area contributed by atoms with E-state index < -0.39 is 17.4 Å². The molecule has 202 valence electrons. The smallest absolute Gasteiger partial charge is 0.263 e. The van der Waals surface area contributed by atoms with Crippen LogP contribution in [-0.4, -0.2) is 64.7 Å². The fourth-order valence-corrected chi connectivity index (χ4v) is 6.47. The summed E-state index contributed by atoms with van der Waals surface area (Å²) in [4.78, 5) is 34.0. The van der Waals surface area contributed by atoms with Crippen LogP contribution in [0.1, 0.15) is 62.1 Å². The number of nitrogens with zero attached hydrogens (tertiary/aromatic N) is 3. The van der Waals surface area contributed by atoms with Crippen molar-refractivity contribution in [1.82, 2.24) is 9.88 Å². The maximum Gasteiger partial charge on any atom is 0.263 e. The number of halogens is 2. The normalized spacial score (nSPS) is 26.2. The van der Waals surface area contributed by atoms with Gasteiger partial charge in [-0.25, -0.2) is 13.8 Å². The Morgan fingerprint density at radius 2 is 1.95 bits per heavy atom. The first-order valence-corrected chi connectivity index (χ1v) is 13.3. The van der Waals surface area contributed by atoms with Crippen molar-refractivity contribution in [2.45, 2.75) is 68.9 Å². The Balaban J connectivity index is 1.05. The second-order valence-electron chi connectivity index (χ2n) is 11.3. The fourth-order valence-electron chi connectivity index (χ4n) is 6.47. The first-order chi connectivity index (χ1) is 18.1. The number of hydrogen-bond acceptors (Lipinski definition) is 6. The van der Waals surface area contributed by atoms with Gasteiger partial charge in [0.2, 0.25) is 11.8 Å². The molecule has 0 unspecified atom stereocenters. The largest absolute Gasteiger partial charge is 0.491 e. The summed E-state index contributed by atoms with van der Waals surface area (Å²) in [6.45, 7) is 4.23. The standard InChI is InChI=1S/C28H32F2N4O4/c1-27(37)14-19(15-27)34-23(35)5-3-18-12-20(16-31-25(18)34)38-11-10-33-8-6-28(7-9-33)21-13-17(24(29)30)2-4-22(21)32-26(28)36/h2,4,12-13,16,19,24,37H,3,5-11,14-15H2,1H3,(H,32,36)/t19-,27+. The molecule has 1 spiro atoms. The third kappa shape index (κ3) is 4.33. The van der Waals surface area contributed by atoms with Gasteiger partial charge in [-0.15, -0.1) is 0 Å². The Morgan fingerprint density at radius 3 is 2.66 bits per heavy atom. The van der Waals surface area contributed by atoms with Gasteiger partial charge >= 0.3 is 0 Å². The Kier molecular flexibility index (Phi) is 6.14. The predicted octanol–water partition coefficient (Wildman–Crippen LogP) is 3.58. The summed E-state index contributed by atoms with van der Waals surface area (Å²) < 4.78 is 32.6. The number of alkyl halides is 2. The summed E-state index contributed by atoms with van der Waals surface area (Å²) in [6, 6.07) is 6.37. The maximum atomic E-state index is 13.3. The van der Waals surface area contributed by atoms with Crippen molar-refractivity contribution < 1.29 is 28.2 Å². The van der Waals surface area contributed by atoms with E-state index in [2.05, 4.69) is 15.2 Å². The van der Waals surface area contributed by atoms with Crippen molar-refractivity contribution in [2.75, 3.05) is 36.5 Å². The summed E-state index contributed by atoms with van der Waals surface area (Å²) in [5.74, 6) is 1.26. The fraction of sp³-hybridized carbons (Fsp3) is 0.536. The summed E-state index contributed by atoms with van der Waals surface area (Å²) in [5, 5.41) is 13.0. The van der Waals surface area contributed by atoms with E-state index in [-0.39, 0.29) is 23.4 Å². The predicted molar refractivity (Wildman–Crippen MR) is 137 cm³/mol. The molecule has 2 aromatic rings. The monoisotopic (exact) mass is 526 g/mol. The number of aromatic nitrogens is 1. The van der Waals surface area contributed by atoms with Gasteiger partial charge in [0.05, 0.1) is 17.2 Å². The van der Waals surface area contributed by atoms with E-state index in [1.807, 2.05) is 6.07 Å². The van der Waals surface area contributed by atoms with E-state index in [4.69, 9.17) is 4.74 Å². The number of likely N-dealkylation sites (tertiary alicyclic amines) is 1. The van der Waals surface area contributed by atoms with Gasteiger partial charge in [0.15, 0.2) is 0 Å². The second-order valence-corrected chi connectivity index (χ2v) is 11.3. The molecule has 1 saturated carbocycles. The summed E-state index contributed by atoms with van der Waals surface area (Å²) in [5.41, 5.74) is 0.772. The number of aliphatic hydroxyl groups is 1. The van der Waals surface area contributed by atoms with Gasteiger partial charge in [-0.1, -0.05) is 6.07 Å². The molecule has 0 radical (unpaired) electrons. The number of fused-ring (bicyclic) bond motifs is 3. The number of aryl methyl sites for hydroxylation is 1. The average molecular weight is 527 g/mol. The summed E-state index contributed by atoms with van der Waals surface area (Å²) in [6.07, 6.45) is 2.35. The summed E-state index contributed by atoms with van der Waals surface area (Å²) in [7, 11) is 0. The van der Waals surface area contributed by atoms with Crippen molar-refractivity contribution in [3.63, 3.8) is 0 Å². The Labute approximate surface area is 220 Å². The van der Waals surface area contributed by atoms with E-state index in [0.29, 0.717) is 87.6 Å². The Hall–Kier alpha value is -3.11. The third-order valence-electron chi connectivity index (χ3n) is 8.62. The highest BCUT2D eigenvalue weighted by atomic mass is 19.3. The molecule has 0 bridgehead atoms. The topological polar surface area (TPSA) is 95.0 Å². The molecule has 3 aliphatic heterocycles. The number of carbonyl (C=O) groups excluding carboxylic acids is 2. The molecule has 4 heterocycles. The van der Waals surface area contributed by atoms with Crippen molar-refractivity contribution in [1.29, 1.82) is 0 Å². The lowest BCUT2D eigenvalue weighted by Crippen LogP contribution is -2.57. The zero-order valence-electron chi connectivity index (χ0n) is 21.4. The van der Waals surface area contributed by atoms with E-state index in [9.17, 15) is 23.5 Å². The van der Waals surface area contributed by atoms with Crippen LogP contribution in [-0.2, 0) is 21.4 Å². The van der Waals surface area contributed by atoms with Gasteiger partial charge in [0.25, 0.3) is 6.43 Å². The highest BCUT2D eigenvalue weighted by molar-refractivity contribution is 6.06. The maximum absolute atomic E-state index is 13.3. The molecule has 2 amide bonds. The van der Waals surface area contributed by atoms with Gasteiger partial charge in [-0.2, -0.15) is 0 Å². The molecular weight excluding hydrogens is 494 g/mol. The lowest BCUT2D eigenvalue weighted by molar-refractivity contribution is -0.123. The van der Waals surface area contributed by atoms with Crippen LogP contribution in [0.25, 0.3) is 0 Å². The van der Waals surface area contributed by atoms with Crippen LogP contribution in [0, 0.1) is 0 Å². The lowest BCUT2D eigenvalue weighted by atomic mass is 9.73. The average Bonchev–Trinajstić information content (AvgIpc) is 3.14. The van der Waals surface area contributed by atoms with Crippen LogP contribution in [0.3, 0.4) is 0 Å². The van der Waals surface area contributed by atoms with Gasteiger partial charge in [0.1, 0.15) is 18.2 Å². The molecule has 0 atom stereocenters. The Morgan fingerprint density at radius 1 is 1.18 bits per heavy atom. The van der Waals surface area contributed by atoms with Gasteiger partial charge in [0, 0.05) is 30.3 Å². The third-order valence-corrected chi connectivity index (χ3v) is 8.62. The molecule has 38 heavy (non-hydrogen) atoms. The zero-order chi connectivity index (χ0) is 26.7. The highest BCUT2D eigenvalue weighted by Crippen LogP contribution is 2.46. The number of amides is 2. The van der Waals surface area contributed by atoms with Crippen LogP contribution < -0.4 is 15.0 Å². The summed E-state index contributed by atoms with van der Waals surface area (Å²) >= 11 is 0. The molecule has 4 aliphatic rings. The molecule has 1 saturated heterocycles. The van der Waals surface area contributed by atoms with Crippen molar-refractivity contribution >= 4 is 23.3 Å². The number of nitrogens with one attached hydrogen (secondary N) is 1. The number of piperidine rings is 1. The van der Waals surface area contributed by atoms with Crippen molar-refractivity contribution in [3.05, 3.63) is 47.2 Å². The number of rotatable bonds is 6. The zero-order valence-corrected chi connectivity index (χ0v) is 21.4. The number of pyridine rings is 1. The number of anilines is 2. The molecule has 1 aromatic carbocycles. The quantitative estimate of drug-likeness (QED) is 0.598. The molecule has 10 heteroatoms. The molecule has 1 aliphatic carbocycles. The van der Waals surface area contributed by atoms with Crippen LogP contribution in [0.2, 0.25) is 0 Å². The molecule has 2 fully saturated rings. The number of benzene rings is 1. The second kappa shape index (κ2) is 9.27. The van der Waals surface area contributed by atoms with Gasteiger partial charge < -0.3 is 15.2 Å². The van der Waals surface area contributed by atoms with E-state index in [0.717, 1.165) is 5.56 Å². The lowest BCUT2D eigenvalue weighted by Gasteiger charge is -2.47. The minimum atomic E-state index is -2.57.